The molecule has 0 aliphatic carbocycles. The Morgan fingerprint density at radius 2 is 2.00 bits per heavy atom. The summed E-state index contributed by atoms with van der Waals surface area (Å²) >= 11 is 0. The fraction of sp³-hybridized carbons (Fsp3) is 0.200. The lowest BCUT2D eigenvalue weighted by Gasteiger charge is -2.09. The predicted molar refractivity (Wildman–Crippen MR) is 52.9 cm³/mol. The van der Waals surface area contributed by atoms with Crippen molar-refractivity contribution in [2.75, 3.05) is 6.54 Å². The van der Waals surface area contributed by atoms with E-state index in [0.29, 0.717) is 23.1 Å². The maximum absolute atomic E-state index is 11.7. The van der Waals surface area contributed by atoms with Gasteiger partial charge < -0.3 is 0 Å². The summed E-state index contributed by atoms with van der Waals surface area (Å²) in [6.07, 6.45) is 0. The highest BCUT2D eigenvalue weighted by molar-refractivity contribution is 6.40. The molecule has 2 rings (SSSR count). The van der Waals surface area contributed by atoms with Crippen LogP contribution in [-0.4, -0.2) is 31.1 Å². The van der Waals surface area contributed by atoms with Crippen LogP contribution in [0.1, 0.15) is 27.6 Å². The van der Waals surface area contributed by atoms with Crippen molar-refractivity contribution < 1.29 is 9.59 Å². The van der Waals surface area contributed by atoms with Gasteiger partial charge in [-0.2, -0.15) is 0 Å². The highest BCUT2D eigenvalue weighted by Gasteiger charge is 2.34. The van der Waals surface area contributed by atoms with E-state index in [1.807, 2.05) is 0 Å². The van der Waals surface area contributed by atoms with Crippen LogP contribution in [0.5, 0.6) is 0 Å². The third kappa shape index (κ3) is 1.00. The summed E-state index contributed by atoms with van der Waals surface area (Å²) in [5.41, 5.74) is 1.13. The zero-order valence-corrected chi connectivity index (χ0v) is 7.78. The molecule has 1 aliphatic rings. The molecule has 2 radical (unpaired) electrons. The smallest absolute Gasteiger partial charge is 0.261 e. The summed E-state index contributed by atoms with van der Waals surface area (Å²) in [6.45, 7) is 2.14. The summed E-state index contributed by atoms with van der Waals surface area (Å²) < 4.78 is 0. The van der Waals surface area contributed by atoms with Gasteiger partial charge in [-0.25, -0.2) is 0 Å². The minimum absolute atomic E-state index is 0.250. The van der Waals surface area contributed by atoms with Crippen LogP contribution in [-0.2, 0) is 0 Å². The van der Waals surface area contributed by atoms with E-state index >= 15 is 0 Å². The highest BCUT2D eigenvalue weighted by Crippen LogP contribution is 2.19. The number of hydrogen-bond donors (Lipinski definition) is 0. The second-order valence-corrected chi connectivity index (χ2v) is 3.12. The molecule has 1 heterocycles. The van der Waals surface area contributed by atoms with Gasteiger partial charge in [0, 0.05) is 12.1 Å². The number of hydrogen-bond acceptors (Lipinski definition) is 2. The number of imide groups is 1. The molecular weight excluding hydrogens is 177 g/mol. The van der Waals surface area contributed by atoms with E-state index in [0.717, 1.165) is 0 Å². The van der Waals surface area contributed by atoms with Gasteiger partial charge in [0.25, 0.3) is 11.8 Å². The first kappa shape index (κ1) is 9.00. The van der Waals surface area contributed by atoms with E-state index in [2.05, 4.69) is 0 Å². The van der Waals surface area contributed by atoms with Crippen molar-refractivity contribution in [3.63, 3.8) is 0 Å². The largest absolute Gasteiger partial charge is 0.275 e. The van der Waals surface area contributed by atoms with Gasteiger partial charge in [0.15, 0.2) is 0 Å². The van der Waals surface area contributed by atoms with E-state index in [1.54, 1.807) is 25.1 Å². The summed E-state index contributed by atoms with van der Waals surface area (Å²) in [6, 6.07) is 4.93. The van der Waals surface area contributed by atoms with Gasteiger partial charge in [-0.15, -0.1) is 0 Å². The molecule has 4 heteroatoms. The zero-order valence-electron chi connectivity index (χ0n) is 7.78. The lowest BCUT2D eigenvalue weighted by atomic mass is 9.88. The summed E-state index contributed by atoms with van der Waals surface area (Å²) in [4.78, 5) is 24.5. The first-order valence-corrected chi connectivity index (χ1v) is 4.41. The Balaban J connectivity index is 2.64. The standard InChI is InChI=1S/C10H8BNO2/c1-2-12-9(13)6-4-3-5-7(11)8(6)10(12)14/h3-5H,2H2,1H3. The molecule has 0 unspecified atom stereocenters. The number of benzene rings is 1. The quantitative estimate of drug-likeness (QED) is 0.459. The lowest BCUT2D eigenvalue weighted by Crippen LogP contribution is -2.30. The highest BCUT2D eigenvalue weighted by atomic mass is 16.2. The van der Waals surface area contributed by atoms with Gasteiger partial charge >= 0.3 is 0 Å². The molecule has 1 aromatic rings. The molecular formula is C10H8BNO2. The topological polar surface area (TPSA) is 37.4 Å². The van der Waals surface area contributed by atoms with Crippen molar-refractivity contribution in [3.8, 4) is 0 Å². The number of amides is 2. The molecule has 1 aromatic carbocycles. The molecule has 68 valence electrons. The molecule has 3 nitrogen and oxygen atoms in total. The van der Waals surface area contributed by atoms with E-state index < -0.39 is 0 Å². The Hall–Kier alpha value is -1.58. The molecule has 0 saturated heterocycles. The van der Waals surface area contributed by atoms with Crippen molar-refractivity contribution in [2.45, 2.75) is 6.92 Å². The number of rotatable bonds is 1. The van der Waals surface area contributed by atoms with Crippen LogP contribution in [0.2, 0.25) is 0 Å². The maximum Gasteiger partial charge on any atom is 0.261 e. The first-order valence-electron chi connectivity index (χ1n) is 4.41. The molecule has 0 fully saturated rings. The van der Waals surface area contributed by atoms with Crippen molar-refractivity contribution in [1.82, 2.24) is 4.90 Å². The number of carbonyl (C=O) groups excluding carboxylic acids is 2. The molecule has 0 spiro atoms. The third-order valence-corrected chi connectivity index (χ3v) is 2.35. The molecule has 2 amide bonds. The predicted octanol–water partition coefficient (Wildman–Crippen LogP) is 0.0963. The second kappa shape index (κ2) is 2.98. The Kier molecular flexibility index (Phi) is 1.91. The Morgan fingerprint density at radius 1 is 1.29 bits per heavy atom. The lowest BCUT2D eigenvalue weighted by molar-refractivity contribution is 0.0663. The Labute approximate surface area is 83.1 Å². The van der Waals surface area contributed by atoms with Crippen LogP contribution in [0.25, 0.3) is 0 Å². The van der Waals surface area contributed by atoms with Gasteiger partial charge in [-0.05, 0) is 13.0 Å². The number of carbonyl (C=O) groups is 2. The number of fused-ring (bicyclic) bond motifs is 1. The normalized spacial score (nSPS) is 14.8. The van der Waals surface area contributed by atoms with Crippen LogP contribution >= 0.6 is 0 Å². The van der Waals surface area contributed by atoms with Crippen molar-refractivity contribution in [1.29, 1.82) is 0 Å². The first-order chi connectivity index (χ1) is 6.66. The molecule has 0 saturated carbocycles. The summed E-state index contributed by atoms with van der Waals surface area (Å²) in [5.74, 6) is -0.537. The van der Waals surface area contributed by atoms with E-state index in [1.165, 1.54) is 4.90 Å². The van der Waals surface area contributed by atoms with Crippen molar-refractivity contribution in [3.05, 3.63) is 29.3 Å². The minimum Gasteiger partial charge on any atom is -0.275 e. The van der Waals surface area contributed by atoms with Gasteiger partial charge in [-0.1, -0.05) is 17.6 Å². The van der Waals surface area contributed by atoms with E-state index in [-0.39, 0.29) is 11.8 Å². The molecule has 0 N–H and O–H groups in total. The van der Waals surface area contributed by atoms with E-state index in [4.69, 9.17) is 7.85 Å². The van der Waals surface area contributed by atoms with Gasteiger partial charge in [0.1, 0.15) is 7.85 Å². The van der Waals surface area contributed by atoms with Crippen LogP contribution in [0.4, 0.5) is 0 Å². The fourth-order valence-electron chi connectivity index (χ4n) is 1.65. The van der Waals surface area contributed by atoms with Gasteiger partial charge in [-0.3, -0.25) is 14.5 Å². The van der Waals surface area contributed by atoms with Crippen LogP contribution in [0.3, 0.4) is 0 Å². The molecule has 14 heavy (non-hydrogen) atoms. The summed E-state index contributed by atoms with van der Waals surface area (Å²) in [5, 5.41) is 0. The SMILES string of the molecule is [B]c1cccc2c1C(=O)N(CC)C2=O. The van der Waals surface area contributed by atoms with Gasteiger partial charge in [0.2, 0.25) is 0 Å². The van der Waals surface area contributed by atoms with Gasteiger partial charge in [0.05, 0.1) is 5.56 Å². The maximum atomic E-state index is 11.7. The van der Waals surface area contributed by atoms with Crippen LogP contribution in [0.15, 0.2) is 18.2 Å². The summed E-state index contributed by atoms with van der Waals surface area (Å²) in [7, 11) is 5.64. The second-order valence-electron chi connectivity index (χ2n) is 3.12. The zero-order chi connectivity index (χ0) is 10.3. The van der Waals surface area contributed by atoms with Crippen LogP contribution < -0.4 is 5.46 Å². The van der Waals surface area contributed by atoms with Crippen molar-refractivity contribution in [2.24, 2.45) is 0 Å². The minimum atomic E-state index is -0.286. The fourth-order valence-corrected chi connectivity index (χ4v) is 1.65. The number of nitrogens with zero attached hydrogens (tertiary/aromatic N) is 1. The Bertz CT molecular complexity index is 428. The van der Waals surface area contributed by atoms with Crippen LogP contribution in [0, 0.1) is 0 Å². The third-order valence-electron chi connectivity index (χ3n) is 2.35. The average Bonchev–Trinajstić information content (AvgIpc) is 2.41. The van der Waals surface area contributed by atoms with Crippen molar-refractivity contribution >= 4 is 25.1 Å². The van der Waals surface area contributed by atoms with E-state index in [9.17, 15) is 9.59 Å². The monoisotopic (exact) mass is 185 g/mol. The Morgan fingerprint density at radius 3 is 2.57 bits per heavy atom. The molecule has 0 aromatic heterocycles. The molecule has 0 bridgehead atoms. The molecule has 1 aliphatic heterocycles. The average molecular weight is 185 g/mol. The molecule has 0 atom stereocenters.